The van der Waals surface area contributed by atoms with Gasteiger partial charge < -0.3 is 20.1 Å². The van der Waals surface area contributed by atoms with Gasteiger partial charge in [0.2, 0.25) is 0 Å². The number of morpholine rings is 1. The SMILES string of the molecule is CN=C(NCCC1CCCO1)NCC1CN(CC(C)C)CCO1.I. The molecule has 2 saturated heterocycles. The second kappa shape index (κ2) is 12.3. The minimum absolute atomic E-state index is 0. The molecular formula is C17H35IN4O2. The van der Waals surface area contributed by atoms with Crippen LogP contribution in [0.15, 0.2) is 4.99 Å². The maximum absolute atomic E-state index is 5.86. The van der Waals surface area contributed by atoms with Gasteiger partial charge in [-0.1, -0.05) is 13.8 Å². The van der Waals surface area contributed by atoms with Gasteiger partial charge in [-0.05, 0) is 25.2 Å². The van der Waals surface area contributed by atoms with Gasteiger partial charge >= 0.3 is 0 Å². The molecule has 0 radical (unpaired) electrons. The molecule has 0 amide bonds. The fourth-order valence-electron chi connectivity index (χ4n) is 3.24. The topological polar surface area (TPSA) is 58.1 Å². The van der Waals surface area contributed by atoms with Gasteiger partial charge in [0.1, 0.15) is 0 Å². The number of nitrogens with zero attached hydrogens (tertiary/aromatic N) is 2. The average molecular weight is 454 g/mol. The fraction of sp³-hybridized carbons (Fsp3) is 0.941. The summed E-state index contributed by atoms with van der Waals surface area (Å²) in [5.74, 6) is 1.56. The first-order valence-corrected chi connectivity index (χ1v) is 9.07. The van der Waals surface area contributed by atoms with Crippen LogP contribution in [0, 0.1) is 5.92 Å². The van der Waals surface area contributed by atoms with Crippen LogP contribution in [0.4, 0.5) is 0 Å². The Balaban J connectivity index is 0.00000288. The highest BCUT2D eigenvalue weighted by atomic mass is 127. The Bertz CT molecular complexity index is 362. The van der Waals surface area contributed by atoms with Crippen molar-refractivity contribution in [1.29, 1.82) is 0 Å². The van der Waals surface area contributed by atoms with E-state index in [0.717, 1.165) is 58.3 Å². The quantitative estimate of drug-likeness (QED) is 0.349. The molecule has 0 aromatic rings. The molecule has 2 aliphatic rings. The second-order valence-electron chi connectivity index (χ2n) is 6.95. The molecule has 2 N–H and O–H groups in total. The molecule has 24 heavy (non-hydrogen) atoms. The number of halogens is 1. The molecule has 0 saturated carbocycles. The number of aliphatic imine (C=N–C) groups is 1. The highest BCUT2D eigenvalue weighted by Crippen LogP contribution is 2.14. The molecule has 2 heterocycles. The van der Waals surface area contributed by atoms with Crippen LogP contribution in [0.3, 0.4) is 0 Å². The largest absolute Gasteiger partial charge is 0.378 e. The summed E-state index contributed by atoms with van der Waals surface area (Å²) in [5, 5.41) is 6.75. The number of hydrogen-bond donors (Lipinski definition) is 2. The molecule has 142 valence electrons. The third kappa shape index (κ3) is 8.31. The summed E-state index contributed by atoms with van der Waals surface area (Å²) in [7, 11) is 1.81. The molecule has 6 nitrogen and oxygen atoms in total. The van der Waals surface area contributed by atoms with Crippen LogP contribution in [0.2, 0.25) is 0 Å². The summed E-state index contributed by atoms with van der Waals surface area (Å²) in [6, 6.07) is 0. The molecule has 2 rings (SSSR count). The maximum Gasteiger partial charge on any atom is 0.191 e. The van der Waals surface area contributed by atoms with Crippen LogP contribution >= 0.6 is 24.0 Å². The van der Waals surface area contributed by atoms with Gasteiger partial charge in [0.05, 0.1) is 18.8 Å². The lowest BCUT2D eigenvalue weighted by Gasteiger charge is -2.34. The average Bonchev–Trinajstić information content (AvgIpc) is 3.03. The Kier molecular flexibility index (Phi) is 11.2. The monoisotopic (exact) mass is 454 g/mol. The zero-order chi connectivity index (χ0) is 16.5. The lowest BCUT2D eigenvalue weighted by Crippen LogP contribution is -2.50. The predicted molar refractivity (Wildman–Crippen MR) is 109 cm³/mol. The summed E-state index contributed by atoms with van der Waals surface area (Å²) < 4.78 is 11.5. The minimum atomic E-state index is 0. The molecule has 2 fully saturated rings. The van der Waals surface area contributed by atoms with Crippen LogP contribution in [-0.2, 0) is 9.47 Å². The van der Waals surface area contributed by atoms with Crippen LogP contribution in [0.5, 0.6) is 0 Å². The van der Waals surface area contributed by atoms with E-state index in [9.17, 15) is 0 Å². The summed E-state index contributed by atoms with van der Waals surface area (Å²) in [5.41, 5.74) is 0. The molecule has 2 aliphatic heterocycles. The highest BCUT2D eigenvalue weighted by Gasteiger charge is 2.21. The van der Waals surface area contributed by atoms with Crippen LogP contribution in [-0.4, -0.2) is 76.1 Å². The third-order valence-electron chi connectivity index (χ3n) is 4.35. The molecule has 0 aliphatic carbocycles. The third-order valence-corrected chi connectivity index (χ3v) is 4.35. The van der Waals surface area contributed by atoms with Crippen molar-refractivity contribution >= 4 is 29.9 Å². The molecule has 2 atom stereocenters. The van der Waals surface area contributed by atoms with Crippen molar-refractivity contribution in [3.63, 3.8) is 0 Å². The van der Waals surface area contributed by atoms with Crippen LogP contribution in [0.25, 0.3) is 0 Å². The summed E-state index contributed by atoms with van der Waals surface area (Å²) in [6.45, 7) is 11.2. The van der Waals surface area contributed by atoms with E-state index < -0.39 is 0 Å². The van der Waals surface area contributed by atoms with Gasteiger partial charge in [-0.2, -0.15) is 0 Å². The van der Waals surface area contributed by atoms with E-state index in [-0.39, 0.29) is 30.1 Å². The van der Waals surface area contributed by atoms with Crippen molar-refractivity contribution in [1.82, 2.24) is 15.5 Å². The second-order valence-corrected chi connectivity index (χ2v) is 6.95. The van der Waals surface area contributed by atoms with Crippen LogP contribution < -0.4 is 10.6 Å². The summed E-state index contributed by atoms with van der Waals surface area (Å²) in [4.78, 5) is 6.78. The first-order valence-electron chi connectivity index (χ1n) is 9.07. The predicted octanol–water partition coefficient (Wildman–Crippen LogP) is 1.70. The number of ether oxygens (including phenoxy) is 2. The van der Waals surface area contributed by atoms with E-state index in [4.69, 9.17) is 9.47 Å². The Morgan fingerprint density at radius 2 is 2.00 bits per heavy atom. The van der Waals surface area contributed by atoms with Gasteiger partial charge in [-0.3, -0.25) is 9.89 Å². The van der Waals surface area contributed by atoms with Gasteiger partial charge in [0.25, 0.3) is 0 Å². The lowest BCUT2D eigenvalue weighted by atomic mass is 10.2. The fourth-order valence-corrected chi connectivity index (χ4v) is 3.24. The van der Waals surface area contributed by atoms with Crippen molar-refractivity contribution in [2.24, 2.45) is 10.9 Å². The number of hydrogen-bond acceptors (Lipinski definition) is 4. The van der Waals surface area contributed by atoms with Gasteiger partial charge in [0.15, 0.2) is 5.96 Å². The zero-order valence-electron chi connectivity index (χ0n) is 15.4. The van der Waals surface area contributed by atoms with E-state index in [1.165, 1.54) is 12.8 Å². The molecule has 0 aromatic heterocycles. The molecule has 7 heteroatoms. The summed E-state index contributed by atoms with van der Waals surface area (Å²) >= 11 is 0. The number of guanidine groups is 1. The van der Waals surface area contributed by atoms with Gasteiger partial charge in [-0.15, -0.1) is 24.0 Å². The van der Waals surface area contributed by atoms with Crippen molar-refractivity contribution in [3.8, 4) is 0 Å². The maximum atomic E-state index is 5.86. The zero-order valence-corrected chi connectivity index (χ0v) is 17.8. The molecule has 0 aromatic carbocycles. The van der Waals surface area contributed by atoms with E-state index in [1.807, 2.05) is 7.05 Å². The highest BCUT2D eigenvalue weighted by molar-refractivity contribution is 14.0. The Labute approximate surface area is 164 Å². The van der Waals surface area contributed by atoms with Gasteiger partial charge in [0, 0.05) is 46.4 Å². The molecule has 0 bridgehead atoms. The Hall–Kier alpha value is -0.120. The summed E-state index contributed by atoms with van der Waals surface area (Å²) in [6.07, 6.45) is 4.09. The smallest absolute Gasteiger partial charge is 0.191 e. The molecule has 2 unspecified atom stereocenters. The first-order chi connectivity index (χ1) is 11.2. The Morgan fingerprint density at radius 3 is 2.67 bits per heavy atom. The minimum Gasteiger partial charge on any atom is -0.378 e. The van der Waals surface area contributed by atoms with Crippen molar-refractivity contribution < 1.29 is 9.47 Å². The number of rotatable bonds is 7. The van der Waals surface area contributed by atoms with Crippen molar-refractivity contribution in [2.75, 3.05) is 53.0 Å². The van der Waals surface area contributed by atoms with Crippen molar-refractivity contribution in [2.45, 2.75) is 45.3 Å². The van der Waals surface area contributed by atoms with Crippen LogP contribution in [0.1, 0.15) is 33.1 Å². The Morgan fingerprint density at radius 1 is 1.21 bits per heavy atom. The van der Waals surface area contributed by atoms with E-state index in [0.29, 0.717) is 12.0 Å². The van der Waals surface area contributed by atoms with E-state index in [2.05, 4.69) is 34.4 Å². The van der Waals surface area contributed by atoms with Gasteiger partial charge in [-0.25, -0.2) is 0 Å². The van der Waals surface area contributed by atoms with E-state index in [1.54, 1.807) is 0 Å². The lowest BCUT2D eigenvalue weighted by molar-refractivity contribution is -0.0284. The normalized spacial score (nSPS) is 25.6. The van der Waals surface area contributed by atoms with Crippen molar-refractivity contribution in [3.05, 3.63) is 0 Å². The molecular weight excluding hydrogens is 419 g/mol. The molecule has 0 spiro atoms. The number of nitrogens with one attached hydrogen (secondary N) is 2. The first kappa shape index (κ1) is 21.9. The van der Waals surface area contributed by atoms with E-state index >= 15 is 0 Å². The standard InChI is InChI=1S/C17H34N4O2.HI/c1-14(2)12-21-8-10-23-16(13-21)11-20-17(18-3)19-7-6-15-5-4-9-22-15;/h14-16H,4-13H2,1-3H3,(H2,18,19,20);1H.